The lowest BCUT2D eigenvalue weighted by atomic mass is 9.89. The van der Waals surface area contributed by atoms with Crippen LogP contribution in [0.5, 0.6) is 5.75 Å². The average Bonchev–Trinajstić information content (AvgIpc) is 2.44. The second-order valence-corrected chi connectivity index (χ2v) is 6.13. The molecule has 1 aromatic rings. The molecule has 0 saturated carbocycles. The number of alkyl halides is 3. The Morgan fingerprint density at radius 2 is 1.75 bits per heavy atom. The molecule has 0 aliphatic carbocycles. The molecule has 24 heavy (non-hydrogen) atoms. The van der Waals surface area contributed by atoms with Crippen LogP contribution in [0, 0.1) is 5.41 Å². The van der Waals surface area contributed by atoms with Gasteiger partial charge in [-0.05, 0) is 38.5 Å². The standard InChI is InChI=1S/C16H20F3NO4/c1-10(20-13(21)8-15(2,3)14(22)23)11-4-6-12(7-5-11)24-9-16(17,18)19/h4-7,10H,8-9H2,1-3H3,(H,20,21)(H,22,23). The molecule has 0 aliphatic heterocycles. The van der Waals surface area contributed by atoms with Crippen molar-refractivity contribution in [2.24, 2.45) is 5.41 Å². The zero-order valence-electron chi connectivity index (χ0n) is 13.6. The summed E-state index contributed by atoms with van der Waals surface area (Å²) in [5, 5.41) is 11.7. The Labute approximate surface area is 137 Å². The van der Waals surface area contributed by atoms with E-state index in [1.54, 1.807) is 19.1 Å². The Morgan fingerprint density at radius 3 is 2.21 bits per heavy atom. The second kappa shape index (κ2) is 7.55. The SMILES string of the molecule is CC(NC(=O)CC(C)(C)C(=O)O)c1ccc(OCC(F)(F)F)cc1. The van der Waals surface area contributed by atoms with Gasteiger partial charge in [0.1, 0.15) is 5.75 Å². The fraction of sp³-hybridized carbons (Fsp3) is 0.500. The van der Waals surface area contributed by atoms with E-state index in [1.165, 1.54) is 26.0 Å². The van der Waals surface area contributed by atoms with E-state index in [4.69, 9.17) is 5.11 Å². The summed E-state index contributed by atoms with van der Waals surface area (Å²) in [6.45, 7) is 3.22. The number of rotatable bonds is 7. The molecule has 134 valence electrons. The van der Waals surface area contributed by atoms with Crippen LogP contribution in [0.4, 0.5) is 13.2 Å². The first-order valence-corrected chi connectivity index (χ1v) is 7.23. The van der Waals surface area contributed by atoms with E-state index >= 15 is 0 Å². The van der Waals surface area contributed by atoms with E-state index in [1.807, 2.05) is 0 Å². The van der Waals surface area contributed by atoms with Crippen LogP contribution in [-0.4, -0.2) is 29.8 Å². The predicted octanol–water partition coefficient (Wildman–Crippen LogP) is 3.31. The minimum absolute atomic E-state index is 0.0709. The van der Waals surface area contributed by atoms with Crippen molar-refractivity contribution in [3.8, 4) is 5.75 Å². The molecule has 1 unspecified atom stereocenters. The van der Waals surface area contributed by atoms with Crippen molar-refractivity contribution in [2.75, 3.05) is 6.61 Å². The van der Waals surface area contributed by atoms with Gasteiger partial charge in [0, 0.05) is 6.42 Å². The lowest BCUT2D eigenvalue weighted by Gasteiger charge is -2.21. The van der Waals surface area contributed by atoms with Gasteiger partial charge in [-0.25, -0.2) is 0 Å². The molecule has 5 nitrogen and oxygen atoms in total. The van der Waals surface area contributed by atoms with Gasteiger partial charge in [0.2, 0.25) is 5.91 Å². The van der Waals surface area contributed by atoms with Gasteiger partial charge >= 0.3 is 12.1 Å². The summed E-state index contributed by atoms with van der Waals surface area (Å²) in [6, 6.07) is 5.42. The van der Waals surface area contributed by atoms with Gasteiger partial charge in [-0.3, -0.25) is 9.59 Å². The molecule has 2 N–H and O–H groups in total. The van der Waals surface area contributed by atoms with Crippen molar-refractivity contribution in [3.05, 3.63) is 29.8 Å². The summed E-state index contributed by atoms with van der Waals surface area (Å²) in [4.78, 5) is 22.9. The van der Waals surface area contributed by atoms with Crippen molar-refractivity contribution in [1.29, 1.82) is 0 Å². The van der Waals surface area contributed by atoms with Crippen LogP contribution in [-0.2, 0) is 9.59 Å². The number of halogens is 3. The average molecular weight is 347 g/mol. The Bertz CT molecular complexity index is 582. The fourth-order valence-electron chi connectivity index (χ4n) is 1.87. The highest BCUT2D eigenvalue weighted by molar-refractivity contribution is 5.84. The zero-order valence-corrected chi connectivity index (χ0v) is 13.6. The number of amides is 1. The van der Waals surface area contributed by atoms with Crippen LogP contribution in [0.15, 0.2) is 24.3 Å². The van der Waals surface area contributed by atoms with Crippen molar-refractivity contribution in [3.63, 3.8) is 0 Å². The maximum absolute atomic E-state index is 12.1. The van der Waals surface area contributed by atoms with E-state index in [2.05, 4.69) is 10.1 Å². The molecule has 0 saturated heterocycles. The topological polar surface area (TPSA) is 75.6 Å². The summed E-state index contributed by atoms with van der Waals surface area (Å²) in [5.41, 5.74) is -0.519. The van der Waals surface area contributed by atoms with Crippen LogP contribution in [0.25, 0.3) is 0 Å². The van der Waals surface area contributed by atoms with Crippen LogP contribution < -0.4 is 10.1 Å². The molecule has 0 bridgehead atoms. The molecule has 0 aliphatic rings. The normalized spacial score (nSPS) is 13.2. The van der Waals surface area contributed by atoms with Gasteiger partial charge in [-0.15, -0.1) is 0 Å². The quantitative estimate of drug-likeness (QED) is 0.793. The van der Waals surface area contributed by atoms with Crippen LogP contribution >= 0.6 is 0 Å². The van der Waals surface area contributed by atoms with Gasteiger partial charge in [-0.1, -0.05) is 12.1 Å². The molecule has 0 fully saturated rings. The highest BCUT2D eigenvalue weighted by Crippen LogP contribution is 2.23. The predicted molar refractivity (Wildman–Crippen MR) is 80.6 cm³/mol. The van der Waals surface area contributed by atoms with E-state index in [-0.39, 0.29) is 12.2 Å². The summed E-state index contributed by atoms with van der Waals surface area (Å²) in [7, 11) is 0. The smallest absolute Gasteiger partial charge is 0.422 e. The molecule has 1 aromatic carbocycles. The summed E-state index contributed by atoms with van der Waals surface area (Å²) < 4.78 is 40.8. The minimum atomic E-state index is -4.41. The first-order valence-electron chi connectivity index (χ1n) is 7.23. The third kappa shape index (κ3) is 6.47. The molecule has 0 spiro atoms. The summed E-state index contributed by atoms with van der Waals surface area (Å²) in [5.74, 6) is -1.43. The summed E-state index contributed by atoms with van der Waals surface area (Å²) >= 11 is 0. The van der Waals surface area contributed by atoms with Crippen LogP contribution in [0.3, 0.4) is 0 Å². The second-order valence-electron chi connectivity index (χ2n) is 6.13. The van der Waals surface area contributed by atoms with Crippen LogP contribution in [0.1, 0.15) is 38.8 Å². The van der Waals surface area contributed by atoms with Gasteiger partial charge in [0.25, 0.3) is 0 Å². The molecule has 1 atom stereocenters. The molecule has 1 rings (SSSR count). The lowest BCUT2D eigenvalue weighted by Crippen LogP contribution is -2.34. The number of ether oxygens (including phenoxy) is 1. The molecule has 0 radical (unpaired) electrons. The number of hydrogen-bond acceptors (Lipinski definition) is 3. The minimum Gasteiger partial charge on any atom is -0.484 e. The number of carbonyl (C=O) groups is 2. The van der Waals surface area contributed by atoms with Gasteiger partial charge < -0.3 is 15.2 Å². The van der Waals surface area contributed by atoms with Crippen molar-refractivity contribution in [1.82, 2.24) is 5.32 Å². The van der Waals surface area contributed by atoms with Gasteiger partial charge in [0.05, 0.1) is 11.5 Å². The van der Waals surface area contributed by atoms with E-state index < -0.39 is 36.1 Å². The number of nitrogens with one attached hydrogen (secondary N) is 1. The lowest BCUT2D eigenvalue weighted by molar-refractivity contribution is -0.153. The molecule has 8 heteroatoms. The zero-order chi connectivity index (χ0) is 18.5. The third-order valence-corrected chi connectivity index (χ3v) is 3.34. The van der Waals surface area contributed by atoms with Crippen LogP contribution in [0.2, 0.25) is 0 Å². The Balaban J connectivity index is 2.60. The number of benzene rings is 1. The highest BCUT2D eigenvalue weighted by atomic mass is 19.4. The molecule has 0 heterocycles. The number of carbonyl (C=O) groups excluding carboxylic acids is 1. The Hall–Kier alpha value is -2.25. The third-order valence-electron chi connectivity index (χ3n) is 3.34. The number of carboxylic acid groups (broad SMARTS) is 1. The van der Waals surface area contributed by atoms with Crippen molar-refractivity contribution >= 4 is 11.9 Å². The number of aliphatic carboxylic acids is 1. The molecular weight excluding hydrogens is 327 g/mol. The van der Waals surface area contributed by atoms with Gasteiger partial charge in [-0.2, -0.15) is 13.2 Å². The van der Waals surface area contributed by atoms with Crippen molar-refractivity contribution < 1.29 is 32.6 Å². The maximum atomic E-state index is 12.1. The fourth-order valence-corrected chi connectivity index (χ4v) is 1.87. The first-order chi connectivity index (χ1) is 10.9. The number of carboxylic acids is 1. The molecular formula is C16H20F3NO4. The highest BCUT2D eigenvalue weighted by Gasteiger charge is 2.30. The number of hydrogen-bond donors (Lipinski definition) is 2. The first kappa shape index (κ1) is 19.8. The molecule has 1 amide bonds. The van der Waals surface area contributed by atoms with E-state index in [9.17, 15) is 22.8 Å². The Kier molecular flexibility index (Phi) is 6.22. The largest absolute Gasteiger partial charge is 0.484 e. The van der Waals surface area contributed by atoms with E-state index in [0.717, 1.165) is 0 Å². The Morgan fingerprint density at radius 1 is 1.21 bits per heavy atom. The van der Waals surface area contributed by atoms with E-state index in [0.29, 0.717) is 5.56 Å². The van der Waals surface area contributed by atoms with Gasteiger partial charge in [0.15, 0.2) is 6.61 Å². The maximum Gasteiger partial charge on any atom is 0.422 e. The monoisotopic (exact) mass is 347 g/mol. The van der Waals surface area contributed by atoms with Crippen molar-refractivity contribution in [2.45, 2.75) is 39.4 Å². The molecule has 0 aromatic heterocycles. The summed E-state index contributed by atoms with van der Waals surface area (Å²) in [6.07, 6.45) is -4.59.